The van der Waals surface area contributed by atoms with Gasteiger partial charge in [-0.3, -0.25) is 4.79 Å². The number of carbonyl (C=O) groups is 1. The number of phenolic OH excluding ortho intramolecular Hbond substituents is 3. The monoisotopic (exact) mass is 355 g/mol. The molecule has 26 heavy (non-hydrogen) atoms. The summed E-state index contributed by atoms with van der Waals surface area (Å²) in [6.07, 6.45) is 4.86. The molecule has 0 radical (unpaired) electrons. The summed E-state index contributed by atoms with van der Waals surface area (Å²) in [6.45, 7) is 3.77. The van der Waals surface area contributed by atoms with Crippen LogP contribution >= 0.6 is 0 Å². The van der Waals surface area contributed by atoms with E-state index in [4.69, 9.17) is 5.90 Å². The predicted molar refractivity (Wildman–Crippen MR) is 99.2 cm³/mol. The van der Waals surface area contributed by atoms with Crippen molar-refractivity contribution in [1.82, 2.24) is 0 Å². The average Bonchev–Trinajstić information content (AvgIpc) is 2.60. The van der Waals surface area contributed by atoms with Crippen LogP contribution < -0.4 is 10.7 Å². The topological polar surface area (TPSA) is 113 Å². The average molecular weight is 355 g/mol. The number of hydrogen-bond donors (Lipinski definition) is 4. The van der Waals surface area contributed by atoms with Gasteiger partial charge in [-0.15, -0.1) is 0 Å². The standard InChI is InChI=1S/C20H21NO5/c1-12(2)3-9-15-17(24)11-18(26-21)19(20(15)25)16(23)10-6-13-4-7-14(22)8-5-13/h3-8,10-11,22,24-25H,9,21H2,1-2H3/b10-6+. The van der Waals surface area contributed by atoms with E-state index in [9.17, 15) is 20.1 Å². The molecule has 2 aromatic rings. The maximum atomic E-state index is 12.6. The molecule has 0 heterocycles. The van der Waals surface area contributed by atoms with E-state index >= 15 is 0 Å². The highest BCUT2D eigenvalue weighted by Crippen LogP contribution is 2.38. The number of nitrogens with two attached hydrogens (primary N) is 1. The first-order valence-electron chi connectivity index (χ1n) is 7.92. The Labute approximate surface area is 151 Å². The Kier molecular flexibility index (Phi) is 6.03. The summed E-state index contributed by atoms with van der Waals surface area (Å²) >= 11 is 0. The third-order valence-electron chi connectivity index (χ3n) is 3.75. The number of rotatable bonds is 6. The van der Waals surface area contributed by atoms with Crippen molar-refractivity contribution in [3.63, 3.8) is 0 Å². The fourth-order valence-electron chi connectivity index (χ4n) is 2.35. The van der Waals surface area contributed by atoms with Crippen LogP contribution in [0.25, 0.3) is 6.08 Å². The van der Waals surface area contributed by atoms with Gasteiger partial charge < -0.3 is 20.2 Å². The Bertz CT molecular complexity index is 863. The molecular formula is C20H21NO5. The molecule has 6 heteroatoms. The van der Waals surface area contributed by atoms with Gasteiger partial charge in [-0.1, -0.05) is 29.9 Å². The molecule has 0 bridgehead atoms. The second-order valence-electron chi connectivity index (χ2n) is 5.99. The zero-order chi connectivity index (χ0) is 19.3. The summed E-state index contributed by atoms with van der Waals surface area (Å²) in [5, 5.41) is 29.8. The molecule has 0 aliphatic heterocycles. The highest BCUT2D eigenvalue weighted by molar-refractivity contribution is 6.11. The van der Waals surface area contributed by atoms with Crippen LogP contribution in [0.2, 0.25) is 0 Å². The van der Waals surface area contributed by atoms with Gasteiger partial charge in [0, 0.05) is 11.6 Å². The van der Waals surface area contributed by atoms with Gasteiger partial charge in [0.1, 0.15) is 22.8 Å². The third kappa shape index (κ3) is 4.43. The molecule has 0 spiro atoms. The lowest BCUT2D eigenvalue weighted by Crippen LogP contribution is -2.09. The molecule has 5 N–H and O–H groups in total. The molecular weight excluding hydrogens is 334 g/mol. The van der Waals surface area contributed by atoms with Gasteiger partial charge in [0.05, 0.1) is 0 Å². The third-order valence-corrected chi connectivity index (χ3v) is 3.75. The van der Waals surface area contributed by atoms with Crippen LogP contribution in [0.15, 0.2) is 48.1 Å². The fraction of sp³-hybridized carbons (Fsp3) is 0.150. The largest absolute Gasteiger partial charge is 0.508 e. The zero-order valence-electron chi connectivity index (χ0n) is 14.6. The number of aromatic hydroxyl groups is 3. The lowest BCUT2D eigenvalue weighted by atomic mass is 9.99. The second kappa shape index (κ2) is 8.22. The van der Waals surface area contributed by atoms with E-state index in [-0.39, 0.29) is 40.5 Å². The maximum Gasteiger partial charge on any atom is 0.193 e. The van der Waals surface area contributed by atoms with Gasteiger partial charge in [0.15, 0.2) is 11.5 Å². The van der Waals surface area contributed by atoms with E-state index in [2.05, 4.69) is 4.84 Å². The van der Waals surface area contributed by atoms with Gasteiger partial charge in [-0.05, 0) is 44.0 Å². The lowest BCUT2D eigenvalue weighted by molar-refractivity contribution is 0.104. The van der Waals surface area contributed by atoms with E-state index in [1.807, 2.05) is 19.9 Å². The Morgan fingerprint density at radius 1 is 1.15 bits per heavy atom. The van der Waals surface area contributed by atoms with Gasteiger partial charge in [0.2, 0.25) is 0 Å². The first kappa shape index (κ1) is 19.1. The molecule has 2 aromatic carbocycles. The van der Waals surface area contributed by atoms with E-state index < -0.39 is 5.78 Å². The summed E-state index contributed by atoms with van der Waals surface area (Å²) in [5.74, 6) is 4.06. The normalized spacial score (nSPS) is 10.7. The molecule has 0 atom stereocenters. The maximum absolute atomic E-state index is 12.6. The zero-order valence-corrected chi connectivity index (χ0v) is 14.6. The van der Waals surface area contributed by atoms with Crippen molar-refractivity contribution in [2.75, 3.05) is 0 Å². The fourth-order valence-corrected chi connectivity index (χ4v) is 2.35. The molecule has 0 fully saturated rings. The molecule has 6 nitrogen and oxygen atoms in total. The van der Waals surface area contributed by atoms with Crippen molar-refractivity contribution in [3.8, 4) is 23.0 Å². The molecule has 136 valence electrons. The number of carbonyl (C=O) groups excluding carboxylic acids is 1. The van der Waals surface area contributed by atoms with Crippen LogP contribution in [-0.4, -0.2) is 21.1 Å². The summed E-state index contributed by atoms with van der Waals surface area (Å²) in [4.78, 5) is 17.2. The van der Waals surface area contributed by atoms with Crippen LogP contribution in [0.1, 0.15) is 35.3 Å². The molecule has 0 aliphatic carbocycles. The van der Waals surface area contributed by atoms with Crippen molar-refractivity contribution in [2.24, 2.45) is 5.90 Å². The summed E-state index contributed by atoms with van der Waals surface area (Å²) in [7, 11) is 0. The van der Waals surface area contributed by atoms with Crippen LogP contribution in [-0.2, 0) is 6.42 Å². The number of ketones is 1. The molecule has 0 saturated carbocycles. The highest BCUT2D eigenvalue weighted by Gasteiger charge is 2.22. The molecule has 0 aliphatic rings. The first-order chi connectivity index (χ1) is 12.3. The highest BCUT2D eigenvalue weighted by atomic mass is 16.6. The number of phenols is 3. The van der Waals surface area contributed by atoms with E-state index in [0.717, 1.165) is 5.57 Å². The van der Waals surface area contributed by atoms with Crippen molar-refractivity contribution < 1.29 is 25.0 Å². The minimum atomic E-state index is -0.533. The minimum Gasteiger partial charge on any atom is -0.508 e. The van der Waals surface area contributed by atoms with Gasteiger partial charge in [-0.25, -0.2) is 0 Å². The Morgan fingerprint density at radius 2 is 1.81 bits per heavy atom. The molecule has 2 rings (SSSR count). The van der Waals surface area contributed by atoms with Crippen LogP contribution in [0.5, 0.6) is 23.0 Å². The van der Waals surface area contributed by atoms with Crippen LogP contribution in [0.4, 0.5) is 0 Å². The molecule has 0 aromatic heterocycles. The van der Waals surface area contributed by atoms with Gasteiger partial charge >= 0.3 is 0 Å². The number of benzene rings is 2. The quantitative estimate of drug-likeness (QED) is 0.273. The number of allylic oxidation sites excluding steroid dienone is 3. The SMILES string of the molecule is CC(C)=CCc1c(O)cc(ON)c(C(=O)/C=C/c2ccc(O)cc2)c1O. The molecule has 0 unspecified atom stereocenters. The van der Waals surface area contributed by atoms with Gasteiger partial charge in [-0.2, -0.15) is 5.90 Å². The van der Waals surface area contributed by atoms with Crippen molar-refractivity contribution in [2.45, 2.75) is 20.3 Å². The summed E-state index contributed by atoms with van der Waals surface area (Å²) in [6, 6.07) is 7.46. The Morgan fingerprint density at radius 3 is 2.38 bits per heavy atom. The minimum absolute atomic E-state index is 0.118. The molecule has 0 amide bonds. The lowest BCUT2D eigenvalue weighted by Gasteiger charge is -2.13. The van der Waals surface area contributed by atoms with Crippen molar-refractivity contribution >= 4 is 11.9 Å². The van der Waals surface area contributed by atoms with Crippen molar-refractivity contribution in [1.29, 1.82) is 0 Å². The summed E-state index contributed by atoms with van der Waals surface area (Å²) in [5.41, 5.74) is 1.78. The van der Waals surface area contributed by atoms with E-state index in [1.165, 1.54) is 30.4 Å². The summed E-state index contributed by atoms with van der Waals surface area (Å²) < 4.78 is 0. The predicted octanol–water partition coefficient (Wildman–Crippen LogP) is 3.46. The Hall–Kier alpha value is -3.25. The smallest absolute Gasteiger partial charge is 0.193 e. The number of hydrogen-bond acceptors (Lipinski definition) is 6. The Balaban J connectivity index is 2.42. The second-order valence-corrected chi connectivity index (χ2v) is 5.99. The van der Waals surface area contributed by atoms with Crippen molar-refractivity contribution in [3.05, 3.63) is 64.7 Å². The van der Waals surface area contributed by atoms with Gasteiger partial charge in [0.25, 0.3) is 0 Å². The van der Waals surface area contributed by atoms with E-state index in [1.54, 1.807) is 12.1 Å². The van der Waals surface area contributed by atoms with Crippen LogP contribution in [0, 0.1) is 0 Å². The molecule has 0 saturated heterocycles. The van der Waals surface area contributed by atoms with Crippen LogP contribution in [0.3, 0.4) is 0 Å². The first-order valence-corrected chi connectivity index (χ1v) is 7.92. The van der Waals surface area contributed by atoms with E-state index in [0.29, 0.717) is 5.56 Å².